The Kier molecular flexibility index (Phi) is 2.42. The van der Waals surface area contributed by atoms with Crippen molar-refractivity contribution in [3.63, 3.8) is 0 Å². The van der Waals surface area contributed by atoms with Crippen LogP contribution in [0, 0.1) is 0 Å². The van der Waals surface area contributed by atoms with Gasteiger partial charge in [-0.25, -0.2) is 0 Å². The molecule has 0 saturated carbocycles. The summed E-state index contributed by atoms with van der Waals surface area (Å²) in [6.07, 6.45) is 6.02. The van der Waals surface area contributed by atoms with Gasteiger partial charge in [0, 0.05) is 21.4 Å². The van der Waals surface area contributed by atoms with E-state index in [1.165, 1.54) is 38.3 Å². The molecule has 1 aliphatic heterocycles. The van der Waals surface area contributed by atoms with Crippen LogP contribution in [0.5, 0.6) is 0 Å². The van der Waals surface area contributed by atoms with Gasteiger partial charge in [0.15, 0.2) is 0 Å². The summed E-state index contributed by atoms with van der Waals surface area (Å²) in [6.45, 7) is 4.71. The normalized spacial score (nSPS) is 20.3. The van der Waals surface area contributed by atoms with E-state index in [9.17, 15) is 0 Å². The Hall–Kier alpha value is -2.22. The molecular weight excluding hydrogens is 277 g/mol. The minimum absolute atomic E-state index is 0.0403. The van der Waals surface area contributed by atoms with Gasteiger partial charge in [-0.1, -0.05) is 62.4 Å². The van der Waals surface area contributed by atoms with Crippen LogP contribution in [0.1, 0.15) is 31.4 Å². The Balaban J connectivity index is 2.12. The molecule has 2 aromatic carbocycles. The molecule has 0 saturated heterocycles. The topological polar surface area (TPSA) is 4.93 Å². The van der Waals surface area contributed by atoms with Crippen LogP contribution in [0.25, 0.3) is 28.7 Å². The quantitative estimate of drug-likeness (QED) is 0.562. The van der Waals surface area contributed by atoms with Gasteiger partial charge in [-0.05, 0) is 29.4 Å². The molecule has 1 unspecified atom stereocenters. The number of fused-ring (bicyclic) bond motifs is 5. The first-order valence-corrected chi connectivity index (χ1v) is 8.55. The zero-order chi connectivity index (χ0) is 15.8. The number of para-hydroxylation sites is 2. The van der Waals surface area contributed by atoms with Crippen molar-refractivity contribution in [1.82, 2.24) is 4.57 Å². The molecular formula is C21H20BN. The van der Waals surface area contributed by atoms with Gasteiger partial charge < -0.3 is 4.57 Å². The second kappa shape index (κ2) is 4.20. The van der Waals surface area contributed by atoms with E-state index in [0.717, 1.165) is 6.42 Å². The molecule has 5 rings (SSSR count). The zero-order valence-electron chi connectivity index (χ0n) is 13.9. The number of hydrogen-bond acceptors (Lipinski definition) is 0. The lowest BCUT2D eigenvalue weighted by atomic mass is 9.75. The van der Waals surface area contributed by atoms with Gasteiger partial charge in [0.2, 0.25) is 0 Å². The van der Waals surface area contributed by atoms with Crippen molar-refractivity contribution in [2.75, 3.05) is 0 Å². The van der Waals surface area contributed by atoms with Crippen LogP contribution in [0.15, 0.2) is 42.5 Å². The van der Waals surface area contributed by atoms with Gasteiger partial charge in [-0.15, -0.1) is 0 Å². The van der Waals surface area contributed by atoms with Gasteiger partial charge in [0.05, 0.1) is 11.2 Å². The maximum Gasteiger partial charge on any atom is 0.110 e. The maximum absolute atomic E-state index is 2.50. The van der Waals surface area contributed by atoms with Crippen molar-refractivity contribution in [2.24, 2.45) is 0 Å². The fourth-order valence-corrected chi connectivity index (χ4v) is 4.50. The first kappa shape index (κ1) is 13.2. The first-order chi connectivity index (χ1) is 11.1. The number of aromatic nitrogens is 1. The molecule has 23 heavy (non-hydrogen) atoms. The van der Waals surface area contributed by atoms with Crippen LogP contribution in [0.3, 0.4) is 0 Å². The molecule has 2 heteroatoms. The third kappa shape index (κ3) is 1.54. The van der Waals surface area contributed by atoms with E-state index in [2.05, 4.69) is 80.9 Å². The average Bonchev–Trinajstić information content (AvgIpc) is 2.88. The number of hydrogen-bond donors (Lipinski definition) is 0. The third-order valence-electron chi connectivity index (χ3n) is 5.69. The average molecular weight is 297 g/mol. The SMILES string of the molecule is BC1C=c2c(n3c4c(cccc24)C(C)(C)c2ccccc2-3)=CC1. The smallest absolute Gasteiger partial charge is 0.110 e. The highest BCUT2D eigenvalue weighted by molar-refractivity contribution is 6.16. The largest absolute Gasteiger partial charge is 0.309 e. The van der Waals surface area contributed by atoms with Crippen molar-refractivity contribution in [3.05, 3.63) is 64.2 Å². The predicted molar refractivity (Wildman–Crippen MR) is 100 cm³/mol. The predicted octanol–water partition coefficient (Wildman–Crippen LogP) is 2.66. The highest BCUT2D eigenvalue weighted by atomic mass is 15.0. The van der Waals surface area contributed by atoms with E-state index in [1.54, 1.807) is 0 Å². The van der Waals surface area contributed by atoms with Crippen molar-refractivity contribution in [2.45, 2.75) is 31.5 Å². The minimum Gasteiger partial charge on any atom is -0.309 e. The summed E-state index contributed by atoms with van der Waals surface area (Å²) in [5, 5.41) is 4.21. The van der Waals surface area contributed by atoms with Crippen molar-refractivity contribution >= 4 is 30.9 Å². The summed E-state index contributed by atoms with van der Waals surface area (Å²) in [7, 11) is 2.31. The highest BCUT2D eigenvalue weighted by Crippen LogP contribution is 2.42. The minimum atomic E-state index is 0.0403. The molecule has 0 amide bonds. The van der Waals surface area contributed by atoms with Crippen LogP contribution in [0.4, 0.5) is 0 Å². The van der Waals surface area contributed by atoms with Crippen molar-refractivity contribution < 1.29 is 0 Å². The first-order valence-electron chi connectivity index (χ1n) is 8.55. The van der Waals surface area contributed by atoms with E-state index in [1.807, 2.05) is 0 Å². The summed E-state index contributed by atoms with van der Waals surface area (Å²) < 4.78 is 2.50. The lowest BCUT2D eigenvalue weighted by Crippen LogP contribution is -2.34. The molecule has 0 bridgehead atoms. The standard InChI is InChI=1S/C21H20BN/c1-21(2)16-7-3-4-9-19(16)23-18-11-10-13(22)12-15(18)14-6-5-8-17(21)20(14)23/h3-9,11-13H,10,22H2,1-2H3. The molecule has 0 fully saturated rings. The molecule has 1 atom stereocenters. The van der Waals surface area contributed by atoms with Crippen LogP contribution in [-0.2, 0) is 5.41 Å². The third-order valence-corrected chi connectivity index (χ3v) is 5.69. The Bertz CT molecular complexity index is 1080. The van der Waals surface area contributed by atoms with Crippen LogP contribution >= 0.6 is 0 Å². The fraction of sp³-hybridized carbons (Fsp3) is 0.238. The van der Waals surface area contributed by atoms with Gasteiger partial charge in [0.1, 0.15) is 7.85 Å². The van der Waals surface area contributed by atoms with Gasteiger partial charge >= 0.3 is 0 Å². The molecule has 1 aliphatic carbocycles. The Labute approximate surface area is 137 Å². The van der Waals surface area contributed by atoms with Crippen molar-refractivity contribution in [3.8, 4) is 5.69 Å². The molecule has 0 N–H and O–H groups in total. The summed E-state index contributed by atoms with van der Waals surface area (Å²) in [6, 6.07) is 15.7. The summed E-state index contributed by atoms with van der Waals surface area (Å²) >= 11 is 0. The Morgan fingerprint density at radius 3 is 2.70 bits per heavy atom. The van der Waals surface area contributed by atoms with Gasteiger partial charge in [-0.2, -0.15) is 0 Å². The maximum atomic E-state index is 2.50. The molecule has 0 radical (unpaired) electrons. The van der Waals surface area contributed by atoms with E-state index in [-0.39, 0.29) is 5.41 Å². The molecule has 0 spiro atoms. The van der Waals surface area contributed by atoms with Crippen molar-refractivity contribution in [1.29, 1.82) is 0 Å². The number of benzene rings is 2. The molecule has 2 aliphatic rings. The zero-order valence-corrected chi connectivity index (χ0v) is 13.9. The van der Waals surface area contributed by atoms with E-state index < -0.39 is 0 Å². The highest BCUT2D eigenvalue weighted by Gasteiger charge is 2.34. The number of nitrogens with zero attached hydrogens (tertiary/aromatic N) is 1. The second-order valence-corrected chi connectivity index (χ2v) is 7.56. The summed E-state index contributed by atoms with van der Waals surface area (Å²) in [5.41, 5.74) is 5.66. The number of rotatable bonds is 0. The molecule has 1 aromatic heterocycles. The molecule has 1 nitrogen and oxygen atoms in total. The lowest BCUT2D eigenvalue weighted by Gasteiger charge is -2.34. The second-order valence-electron chi connectivity index (χ2n) is 7.56. The summed E-state index contributed by atoms with van der Waals surface area (Å²) in [5.74, 6) is 0.620. The van der Waals surface area contributed by atoms with E-state index in [4.69, 9.17) is 0 Å². The van der Waals surface area contributed by atoms with E-state index in [0.29, 0.717) is 5.82 Å². The molecule has 2 heterocycles. The fourth-order valence-electron chi connectivity index (χ4n) is 4.50. The molecule has 3 aromatic rings. The van der Waals surface area contributed by atoms with Gasteiger partial charge in [-0.3, -0.25) is 0 Å². The van der Waals surface area contributed by atoms with E-state index >= 15 is 0 Å². The monoisotopic (exact) mass is 297 g/mol. The molecule has 112 valence electrons. The lowest BCUT2D eigenvalue weighted by molar-refractivity contribution is 0.627. The Morgan fingerprint density at radius 2 is 1.83 bits per heavy atom. The van der Waals surface area contributed by atoms with Crippen LogP contribution < -0.4 is 10.6 Å². The van der Waals surface area contributed by atoms with Crippen LogP contribution in [0.2, 0.25) is 5.82 Å². The summed E-state index contributed by atoms with van der Waals surface area (Å²) in [4.78, 5) is 0. The van der Waals surface area contributed by atoms with Crippen LogP contribution in [-0.4, -0.2) is 12.4 Å². The van der Waals surface area contributed by atoms with Gasteiger partial charge in [0.25, 0.3) is 0 Å². The Morgan fingerprint density at radius 1 is 1.04 bits per heavy atom.